The monoisotopic (exact) mass is 383 g/mol. The summed E-state index contributed by atoms with van der Waals surface area (Å²) in [5.74, 6) is -0.665. The van der Waals surface area contributed by atoms with Crippen LogP contribution in [0.2, 0.25) is 0 Å². The molecule has 2 fully saturated rings. The fourth-order valence-electron chi connectivity index (χ4n) is 2.96. The van der Waals surface area contributed by atoms with E-state index in [9.17, 15) is 35.4 Å². The first-order chi connectivity index (χ1) is 12.1. The van der Waals surface area contributed by atoms with Crippen LogP contribution in [-0.2, 0) is 19.0 Å². The third-order valence-electron chi connectivity index (χ3n) is 4.41. The van der Waals surface area contributed by atoms with Crippen LogP contribution < -0.4 is 5.32 Å². The number of carbonyl (C=O) groups is 1. The Kier molecular flexibility index (Phi) is 6.90. The summed E-state index contributed by atoms with van der Waals surface area (Å²) >= 11 is 0. The van der Waals surface area contributed by atoms with Crippen LogP contribution in [-0.4, -0.2) is 110 Å². The topological polar surface area (TPSA) is 198 Å². The molecule has 2 heterocycles. The molecule has 0 bridgehead atoms. The molecule has 0 radical (unpaired) electrons. The maximum atomic E-state index is 11.2. The van der Waals surface area contributed by atoms with E-state index in [1.165, 1.54) is 0 Å². The van der Waals surface area contributed by atoms with Crippen LogP contribution in [0.3, 0.4) is 0 Å². The molecular weight excluding hydrogens is 358 g/mol. The van der Waals surface area contributed by atoms with E-state index in [2.05, 4.69) is 5.32 Å². The van der Waals surface area contributed by atoms with Crippen LogP contribution in [0.4, 0.5) is 0 Å². The van der Waals surface area contributed by atoms with Crippen LogP contribution in [0.5, 0.6) is 0 Å². The van der Waals surface area contributed by atoms with Crippen molar-refractivity contribution in [3.63, 3.8) is 0 Å². The van der Waals surface area contributed by atoms with Gasteiger partial charge in [0.2, 0.25) is 5.91 Å². The first kappa shape index (κ1) is 21.4. The first-order valence-corrected chi connectivity index (χ1v) is 8.05. The van der Waals surface area contributed by atoms with Gasteiger partial charge in [0.15, 0.2) is 18.3 Å². The maximum Gasteiger partial charge on any atom is 0.219 e. The van der Waals surface area contributed by atoms with Crippen molar-refractivity contribution in [1.82, 2.24) is 5.32 Å². The number of amides is 1. The molecule has 0 saturated carbocycles. The van der Waals surface area contributed by atoms with Crippen LogP contribution in [0.25, 0.3) is 0 Å². The molecule has 1 amide bonds. The summed E-state index contributed by atoms with van der Waals surface area (Å²) in [6.45, 7) is -0.321. The van der Waals surface area contributed by atoms with E-state index in [4.69, 9.17) is 19.3 Å². The Hall–Kier alpha value is -0.930. The standard InChI is InChI=1S/C14H25NO11/c1-5(18)15-14(23)7(19)2-9(25-8(14)4-17)26-13-12(22)11(21)10(20)6(3-16)24-13/h6-13,16-17,19-23H,2-4H2,1H3,(H,15,18)/t6-,7-,8-,9-,10+,11+,12-,13+,14+/m1/s1. The van der Waals surface area contributed by atoms with Crippen LogP contribution in [0.15, 0.2) is 0 Å². The highest BCUT2D eigenvalue weighted by atomic mass is 16.8. The van der Waals surface area contributed by atoms with Crippen LogP contribution >= 0.6 is 0 Å². The van der Waals surface area contributed by atoms with Gasteiger partial charge in [0.05, 0.1) is 13.2 Å². The highest BCUT2D eigenvalue weighted by molar-refractivity contribution is 5.73. The molecule has 12 heteroatoms. The van der Waals surface area contributed by atoms with Crippen LogP contribution in [0.1, 0.15) is 13.3 Å². The molecule has 0 unspecified atom stereocenters. The van der Waals surface area contributed by atoms with E-state index in [0.717, 1.165) is 6.92 Å². The van der Waals surface area contributed by atoms with Crippen molar-refractivity contribution in [2.75, 3.05) is 13.2 Å². The van der Waals surface area contributed by atoms with Gasteiger partial charge < -0.3 is 55.3 Å². The largest absolute Gasteiger partial charge is 0.394 e. The second-order valence-electron chi connectivity index (χ2n) is 6.33. The zero-order valence-electron chi connectivity index (χ0n) is 14.0. The van der Waals surface area contributed by atoms with Gasteiger partial charge in [-0.05, 0) is 0 Å². The summed E-state index contributed by atoms with van der Waals surface area (Å²) in [6.07, 6.45) is -12.3. The minimum atomic E-state index is -2.25. The zero-order chi connectivity index (χ0) is 19.6. The van der Waals surface area contributed by atoms with Crippen molar-refractivity contribution >= 4 is 5.91 Å². The summed E-state index contributed by atoms with van der Waals surface area (Å²) < 4.78 is 15.8. The number of ether oxygens (including phenoxy) is 3. The predicted octanol–water partition coefficient (Wildman–Crippen LogP) is -4.90. The fourth-order valence-corrected chi connectivity index (χ4v) is 2.96. The van der Waals surface area contributed by atoms with Crippen molar-refractivity contribution in [3.8, 4) is 0 Å². The van der Waals surface area contributed by atoms with E-state index in [-0.39, 0.29) is 6.42 Å². The molecular formula is C14H25NO11. The van der Waals surface area contributed by atoms with Crippen molar-refractivity contribution in [2.45, 2.75) is 68.3 Å². The third kappa shape index (κ3) is 4.14. The minimum Gasteiger partial charge on any atom is -0.394 e. The summed E-state index contributed by atoms with van der Waals surface area (Å²) in [4.78, 5) is 11.2. The van der Waals surface area contributed by atoms with E-state index in [1.54, 1.807) is 0 Å². The van der Waals surface area contributed by atoms with Gasteiger partial charge in [-0.25, -0.2) is 0 Å². The molecule has 0 aromatic carbocycles. The molecule has 8 N–H and O–H groups in total. The molecule has 0 aliphatic carbocycles. The van der Waals surface area contributed by atoms with Gasteiger partial charge in [-0.15, -0.1) is 0 Å². The average molecular weight is 383 g/mol. The zero-order valence-corrected chi connectivity index (χ0v) is 14.0. The molecule has 2 aliphatic rings. The van der Waals surface area contributed by atoms with Gasteiger partial charge in [0.25, 0.3) is 0 Å². The number of hydrogen-bond donors (Lipinski definition) is 8. The molecule has 12 nitrogen and oxygen atoms in total. The van der Waals surface area contributed by atoms with Crippen LogP contribution in [0, 0.1) is 0 Å². The lowest BCUT2D eigenvalue weighted by Gasteiger charge is -2.47. The van der Waals surface area contributed by atoms with Crippen molar-refractivity contribution in [2.24, 2.45) is 0 Å². The summed E-state index contributed by atoms with van der Waals surface area (Å²) in [6, 6.07) is 0. The van der Waals surface area contributed by atoms with E-state index >= 15 is 0 Å². The third-order valence-corrected chi connectivity index (χ3v) is 4.41. The number of rotatable bonds is 5. The average Bonchev–Trinajstić information content (AvgIpc) is 2.57. The number of aliphatic hydroxyl groups is 7. The summed E-state index contributed by atoms with van der Waals surface area (Å²) in [5, 5.41) is 70.6. The lowest BCUT2D eigenvalue weighted by molar-refractivity contribution is -0.369. The number of hydrogen-bond acceptors (Lipinski definition) is 11. The SMILES string of the molecule is CC(=O)N[C@]1(O)[C@H](O)C[C@@H](O[C@@H]2O[C@H](CO)[C@H](O)[C@H](O)[C@H]2O)O[C@@H]1CO. The molecule has 152 valence electrons. The second-order valence-corrected chi connectivity index (χ2v) is 6.33. The van der Waals surface area contributed by atoms with Gasteiger partial charge >= 0.3 is 0 Å². The van der Waals surface area contributed by atoms with Gasteiger partial charge in [0.1, 0.15) is 36.6 Å². The quantitative estimate of drug-likeness (QED) is 0.212. The molecule has 2 saturated heterocycles. The Morgan fingerprint density at radius 1 is 1.12 bits per heavy atom. The molecule has 2 rings (SSSR count). The lowest BCUT2D eigenvalue weighted by Crippen LogP contribution is -2.69. The molecule has 9 atom stereocenters. The summed E-state index contributed by atoms with van der Waals surface area (Å²) in [7, 11) is 0. The Morgan fingerprint density at radius 3 is 2.31 bits per heavy atom. The summed E-state index contributed by atoms with van der Waals surface area (Å²) in [5.41, 5.74) is -2.25. The Morgan fingerprint density at radius 2 is 1.77 bits per heavy atom. The highest BCUT2D eigenvalue weighted by Gasteiger charge is 2.52. The van der Waals surface area contributed by atoms with Crippen molar-refractivity contribution in [1.29, 1.82) is 0 Å². The lowest BCUT2D eigenvalue weighted by atomic mass is 9.93. The molecule has 0 aromatic rings. The Bertz CT molecular complexity index is 492. The van der Waals surface area contributed by atoms with Gasteiger partial charge in [0, 0.05) is 13.3 Å². The minimum absolute atomic E-state index is 0.373. The normalized spacial score (nSPS) is 46.8. The Balaban J connectivity index is 2.08. The molecule has 0 aromatic heterocycles. The van der Waals surface area contributed by atoms with Crippen molar-refractivity contribution in [3.05, 3.63) is 0 Å². The number of nitrogens with one attached hydrogen (secondary N) is 1. The van der Waals surface area contributed by atoms with Gasteiger partial charge in [-0.2, -0.15) is 0 Å². The molecule has 0 spiro atoms. The van der Waals surface area contributed by atoms with Crippen molar-refractivity contribution < 1.29 is 54.8 Å². The highest BCUT2D eigenvalue weighted by Crippen LogP contribution is 2.31. The van der Waals surface area contributed by atoms with Gasteiger partial charge in [-0.1, -0.05) is 0 Å². The van der Waals surface area contributed by atoms with E-state index < -0.39 is 74.0 Å². The van der Waals surface area contributed by atoms with Gasteiger partial charge in [-0.3, -0.25) is 4.79 Å². The molecule has 26 heavy (non-hydrogen) atoms. The number of aliphatic hydroxyl groups excluding tert-OH is 6. The van der Waals surface area contributed by atoms with E-state index in [1.807, 2.05) is 0 Å². The second kappa shape index (κ2) is 8.39. The predicted molar refractivity (Wildman–Crippen MR) is 80.0 cm³/mol. The fraction of sp³-hybridized carbons (Fsp3) is 0.929. The molecule has 2 aliphatic heterocycles. The van der Waals surface area contributed by atoms with E-state index in [0.29, 0.717) is 0 Å². The Labute approximate surface area is 148 Å². The maximum absolute atomic E-state index is 11.2. The first-order valence-electron chi connectivity index (χ1n) is 8.05. The number of carbonyl (C=O) groups excluding carboxylic acids is 1. The smallest absolute Gasteiger partial charge is 0.219 e.